The normalized spacial score (nSPS) is 12.0. The lowest BCUT2D eigenvalue weighted by molar-refractivity contribution is 0.489. The molecule has 1 aromatic carbocycles. The van der Waals surface area contributed by atoms with Crippen molar-refractivity contribution in [3.8, 4) is 11.5 Å². The van der Waals surface area contributed by atoms with E-state index in [1.165, 1.54) is 0 Å². The lowest BCUT2D eigenvalue weighted by Gasteiger charge is -2.05. The van der Waals surface area contributed by atoms with E-state index in [4.69, 9.17) is 25.4 Å². The molecule has 0 unspecified atom stereocenters. The van der Waals surface area contributed by atoms with Crippen molar-refractivity contribution in [2.75, 3.05) is 0 Å². The molecule has 0 aliphatic heterocycles. The van der Waals surface area contributed by atoms with Gasteiger partial charge in [0.2, 0.25) is 0 Å². The van der Waals surface area contributed by atoms with Gasteiger partial charge in [0.1, 0.15) is 5.76 Å². The number of furan rings is 2. The third kappa shape index (κ3) is 3.09. The van der Waals surface area contributed by atoms with Gasteiger partial charge in [-0.15, -0.1) is 11.3 Å². The Hall–Kier alpha value is -2.50. The van der Waals surface area contributed by atoms with E-state index in [9.17, 15) is 0 Å². The Kier molecular flexibility index (Phi) is 4.11. The zero-order valence-electron chi connectivity index (χ0n) is 12.6. The highest BCUT2D eigenvalue weighted by atomic mass is 35.5. The third-order valence-electron chi connectivity index (χ3n) is 3.50. The van der Waals surface area contributed by atoms with Crippen LogP contribution in [0.5, 0.6) is 0 Å². The highest BCUT2D eigenvalue weighted by Crippen LogP contribution is 2.23. The van der Waals surface area contributed by atoms with Crippen LogP contribution in [0, 0.1) is 0 Å². The number of aromatic nitrogens is 1. The van der Waals surface area contributed by atoms with Crippen LogP contribution in [0.2, 0.25) is 5.02 Å². The Morgan fingerprint density at radius 2 is 1.92 bits per heavy atom. The summed E-state index contributed by atoms with van der Waals surface area (Å²) in [7, 11) is 0. The smallest absolute Gasteiger partial charge is 0.190 e. The molecule has 3 heterocycles. The average molecular weight is 357 g/mol. The van der Waals surface area contributed by atoms with E-state index >= 15 is 0 Å². The summed E-state index contributed by atoms with van der Waals surface area (Å²) < 4.78 is 13.1. The van der Waals surface area contributed by atoms with Gasteiger partial charge >= 0.3 is 0 Å². The minimum atomic E-state index is 0.575. The molecular weight excluding hydrogens is 344 g/mol. The number of hydrogen-bond acceptors (Lipinski definition) is 4. The zero-order chi connectivity index (χ0) is 16.4. The van der Waals surface area contributed by atoms with Gasteiger partial charge in [-0.2, -0.15) is 0 Å². The number of benzene rings is 1. The SMILES string of the molecule is Clc1cccc(N=c2scc(-c3ccco3)n2Cc2ccco2)c1. The third-order valence-corrected chi connectivity index (χ3v) is 4.60. The quantitative estimate of drug-likeness (QED) is 0.495. The Morgan fingerprint density at radius 3 is 2.67 bits per heavy atom. The maximum absolute atomic E-state index is 6.06. The fourth-order valence-electron chi connectivity index (χ4n) is 2.41. The minimum Gasteiger partial charge on any atom is -0.467 e. The molecule has 0 saturated carbocycles. The minimum absolute atomic E-state index is 0.575. The topological polar surface area (TPSA) is 43.6 Å². The Bertz CT molecular complexity index is 998. The lowest BCUT2D eigenvalue weighted by atomic mass is 10.3. The summed E-state index contributed by atoms with van der Waals surface area (Å²) in [5.41, 5.74) is 1.77. The molecule has 0 fully saturated rings. The van der Waals surface area contributed by atoms with Crippen LogP contribution >= 0.6 is 22.9 Å². The molecule has 6 heteroatoms. The maximum atomic E-state index is 6.06. The van der Waals surface area contributed by atoms with Crippen molar-refractivity contribution >= 4 is 28.6 Å². The van der Waals surface area contributed by atoms with Gasteiger partial charge in [0.15, 0.2) is 10.6 Å². The van der Waals surface area contributed by atoms with Gasteiger partial charge < -0.3 is 13.4 Å². The molecule has 0 radical (unpaired) electrons. The highest BCUT2D eigenvalue weighted by Gasteiger charge is 2.12. The van der Waals surface area contributed by atoms with E-state index in [1.807, 2.05) is 53.9 Å². The molecule has 0 atom stereocenters. The van der Waals surface area contributed by atoms with Crippen LogP contribution in [-0.2, 0) is 6.54 Å². The molecule has 24 heavy (non-hydrogen) atoms. The highest BCUT2D eigenvalue weighted by molar-refractivity contribution is 7.07. The molecule has 4 nitrogen and oxygen atoms in total. The molecule has 4 rings (SSSR count). The summed E-state index contributed by atoms with van der Waals surface area (Å²) in [4.78, 5) is 5.57. The summed E-state index contributed by atoms with van der Waals surface area (Å²) in [5, 5.41) is 2.70. The van der Waals surface area contributed by atoms with E-state index in [1.54, 1.807) is 23.9 Å². The second-order valence-corrected chi connectivity index (χ2v) is 6.41. The first kappa shape index (κ1) is 15.1. The van der Waals surface area contributed by atoms with Gasteiger partial charge in [-0.1, -0.05) is 17.7 Å². The summed E-state index contributed by atoms with van der Waals surface area (Å²) in [6.45, 7) is 0.575. The van der Waals surface area contributed by atoms with Crippen molar-refractivity contribution in [1.29, 1.82) is 0 Å². The molecule has 3 aromatic heterocycles. The number of hydrogen-bond donors (Lipinski definition) is 0. The molecule has 0 aliphatic carbocycles. The van der Waals surface area contributed by atoms with E-state index in [0.29, 0.717) is 11.6 Å². The summed E-state index contributed by atoms with van der Waals surface area (Å²) in [6.07, 6.45) is 3.33. The van der Waals surface area contributed by atoms with Crippen molar-refractivity contribution < 1.29 is 8.83 Å². The van der Waals surface area contributed by atoms with Crippen LogP contribution < -0.4 is 4.80 Å². The van der Waals surface area contributed by atoms with Crippen LogP contribution in [0.1, 0.15) is 5.76 Å². The second kappa shape index (κ2) is 6.55. The van der Waals surface area contributed by atoms with Crippen molar-refractivity contribution in [2.45, 2.75) is 6.54 Å². The van der Waals surface area contributed by atoms with Crippen LogP contribution in [0.15, 0.2) is 80.3 Å². The van der Waals surface area contributed by atoms with E-state index in [0.717, 1.165) is 27.7 Å². The van der Waals surface area contributed by atoms with E-state index in [-0.39, 0.29) is 0 Å². The summed E-state index contributed by atoms with van der Waals surface area (Å²) in [6, 6.07) is 15.1. The fraction of sp³-hybridized carbons (Fsp3) is 0.0556. The van der Waals surface area contributed by atoms with Crippen LogP contribution in [0.3, 0.4) is 0 Å². The number of nitrogens with zero attached hydrogens (tertiary/aromatic N) is 2. The first-order chi connectivity index (χ1) is 11.8. The Balaban J connectivity index is 1.84. The number of rotatable bonds is 4. The maximum Gasteiger partial charge on any atom is 0.190 e. The lowest BCUT2D eigenvalue weighted by Crippen LogP contribution is -2.16. The largest absolute Gasteiger partial charge is 0.467 e. The summed E-state index contributed by atoms with van der Waals surface area (Å²) >= 11 is 7.61. The van der Waals surface area contributed by atoms with Crippen LogP contribution in [-0.4, -0.2) is 4.57 Å². The predicted octanol–water partition coefficient (Wildman–Crippen LogP) is 5.34. The first-order valence-corrected chi connectivity index (χ1v) is 8.60. The molecule has 120 valence electrons. The van der Waals surface area contributed by atoms with Gasteiger partial charge in [-0.25, -0.2) is 4.99 Å². The fourth-order valence-corrected chi connectivity index (χ4v) is 3.50. The molecule has 0 amide bonds. The van der Waals surface area contributed by atoms with Crippen molar-refractivity contribution in [1.82, 2.24) is 4.57 Å². The molecule has 0 spiro atoms. The van der Waals surface area contributed by atoms with E-state index in [2.05, 4.69) is 4.57 Å². The average Bonchev–Trinajstić information content (AvgIpc) is 3.31. The summed E-state index contributed by atoms with van der Waals surface area (Å²) in [5.74, 6) is 1.65. The Labute approximate surface area is 147 Å². The molecule has 0 saturated heterocycles. The van der Waals surface area contributed by atoms with Gasteiger partial charge in [-0.3, -0.25) is 0 Å². The van der Waals surface area contributed by atoms with Crippen LogP contribution in [0.25, 0.3) is 11.5 Å². The monoisotopic (exact) mass is 356 g/mol. The molecule has 0 aliphatic rings. The number of thiazole rings is 1. The van der Waals surface area contributed by atoms with Crippen molar-refractivity contribution in [3.05, 3.63) is 82.0 Å². The molecule has 4 aromatic rings. The van der Waals surface area contributed by atoms with E-state index < -0.39 is 0 Å². The zero-order valence-corrected chi connectivity index (χ0v) is 14.1. The Morgan fingerprint density at radius 1 is 1.04 bits per heavy atom. The number of halogens is 1. The van der Waals surface area contributed by atoms with Crippen LogP contribution in [0.4, 0.5) is 5.69 Å². The second-order valence-electron chi connectivity index (χ2n) is 5.14. The van der Waals surface area contributed by atoms with Gasteiger partial charge in [0.25, 0.3) is 0 Å². The first-order valence-electron chi connectivity index (χ1n) is 7.34. The predicted molar refractivity (Wildman–Crippen MR) is 94.5 cm³/mol. The standard InChI is InChI=1S/C18H13ClN2O2S/c19-13-4-1-5-14(10-13)20-18-21(11-15-6-2-8-22-15)16(12-24-18)17-7-3-9-23-17/h1-10,12H,11H2. The molecule has 0 bridgehead atoms. The van der Waals surface area contributed by atoms with Gasteiger partial charge in [0.05, 0.1) is 30.5 Å². The van der Waals surface area contributed by atoms with Gasteiger partial charge in [0, 0.05) is 10.4 Å². The molecular formula is C18H13ClN2O2S. The van der Waals surface area contributed by atoms with Crippen molar-refractivity contribution in [2.24, 2.45) is 4.99 Å². The van der Waals surface area contributed by atoms with Crippen molar-refractivity contribution in [3.63, 3.8) is 0 Å². The van der Waals surface area contributed by atoms with Gasteiger partial charge in [-0.05, 0) is 42.5 Å². The molecule has 0 N–H and O–H groups in total.